The highest BCUT2D eigenvalue weighted by Crippen LogP contribution is 2.24. The Morgan fingerprint density at radius 1 is 1.00 bits per heavy atom. The number of nitrogens with zero attached hydrogens (tertiary/aromatic N) is 4. The van der Waals surface area contributed by atoms with E-state index in [9.17, 15) is 0 Å². The first-order valence-corrected chi connectivity index (χ1v) is 5.73. The van der Waals surface area contributed by atoms with Crippen molar-refractivity contribution in [2.24, 2.45) is 0 Å². The molecule has 2 heterocycles. The number of hydrogen-bond donors (Lipinski definition) is 0. The maximum Gasteiger partial charge on any atom is 0.307 e. The van der Waals surface area contributed by atoms with Crippen molar-refractivity contribution in [1.82, 2.24) is 19.6 Å². The molecule has 1 aromatic carbocycles. The largest absolute Gasteiger partial charge is 0.481 e. The molecule has 0 fully saturated rings. The first-order chi connectivity index (χ1) is 9.33. The normalized spacial score (nSPS) is 10.6. The Bertz CT molecular complexity index is 709. The summed E-state index contributed by atoms with van der Waals surface area (Å²) in [5.74, 6) is 1.12. The number of methoxy groups -OCH3 is 2. The van der Waals surface area contributed by atoms with Gasteiger partial charge < -0.3 is 9.47 Å². The molecule has 0 spiro atoms. The van der Waals surface area contributed by atoms with E-state index in [1.165, 1.54) is 0 Å². The molecule has 0 radical (unpaired) electrons. The maximum atomic E-state index is 5.28. The minimum Gasteiger partial charge on any atom is -0.481 e. The molecule has 0 saturated carbocycles. The zero-order valence-corrected chi connectivity index (χ0v) is 10.6. The highest BCUT2D eigenvalue weighted by atomic mass is 16.5. The molecule has 0 aliphatic heterocycles. The van der Waals surface area contributed by atoms with E-state index >= 15 is 0 Å². The van der Waals surface area contributed by atoms with Crippen molar-refractivity contribution >= 4 is 5.65 Å². The fraction of sp³-hybridized carbons (Fsp3) is 0.154. The first kappa shape index (κ1) is 11.5. The van der Waals surface area contributed by atoms with Crippen LogP contribution in [0.15, 0.2) is 36.4 Å². The SMILES string of the molecule is COc1cc2nnc(-c3ccccc3)n2c(OC)n1. The highest BCUT2D eigenvalue weighted by molar-refractivity contribution is 5.60. The average Bonchev–Trinajstić information content (AvgIpc) is 2.91. The van der Waals surface area contributed by atoms with Gasteiger partial charge in [-0.1, -0.05) is 30.3 Å². The van der Waals surface area contributed by atoms with Crippen LogP contribution in [0.3, 0.4) is 0 Å². The van der Waals surface area contributed by atoms with Gasteiger partial charge in [0.1, 0.15) is 0 Å². The highest BCUT2D eigenvalue weighted by Gasteiger charge is 2.14. The summed E-state index contributed by atoms with van der Waals surface area (Å²) >= 11 is 0. The van der Waals surface area contributed by atoms with Gasteiger partial charge in [0.25, 0.3) is 0 Å². The molecule has 3 rings (SSSR count). The van der Waals surface area contributed by atoms with Crippen molar-refractivity contribution in [2.45, 2.75) is 0 Å². The predicted octanol–water partition coefficient (Wildman–Crippen LogP) is 1.81. The Labute approximate surface area is 109 Å². The van der Waals surface area contributed by atoms with Crippen LogP contribution in [0.25, 0.3) is 17.0 Å². The zero-order valence-electron chi connectivity index (χ0n) is 10.6. The monoisotopic (exact) mass is 256 g/mol. The van der Waals surface area contributed by atoms with Crippen molar-refractivity contribution in [2.75, 3.05) is 14.2 Å². The molecule has 96 valence electrons. The Kier molecular flexibility index (Phi) is 2.75. The number of aromatic nitrogens is 4. The van der Waals surface area contributed by atoms with E-state index in [0.29, 0.717) is 23.4 Å². The minimum atomic E-state index is 0.387. The number of hydrogen-bond acceptors (Lipinski definition) is 5. The lowest BCUT2D eigenvalue weighted by atomic mass is 10.2. The summed E-state index contributed by atoms with van der Waals surface area (Å²) in [5, 5.41) is 8.31. The summed E-state index contributed by atoms with van der Waals surface area (Å²) in [5.41, 5.74) is 1.57. The molecular formula is C13H12N4O2. The van der Waals surface area contributed by atoms with E-state index in [1.807, 2.05) is 30.3 Å². The molecule has 19 heavy (non-hydrogen) atoms. The van der Waals surface area contributed by atoms with Crippen LogP contribution in [0.2, 0.25) is 0 Å². The van der Waals surface area contributed by atoms with E-state index in [4.69, 9.17) is 9.47 Å². The molecule has 0 unspecified atom stereocenters. The molecule has 0 N–H and O–H groups in total. The lowest BCUT2D eigenvalue weighted by molar-refractivity contribution is 0.349. The van der Waals surface area contributed by atoms with E-state index in [0.717, 1.165) is 5.56 Å². The van der Waals surface area contributed by atoms with Crippen molar-refractivity contribution in [1.29, 1.82) is 0 Å². The lowest BCUT2D eigenvalue weighted by Crippen LogP contribution is -2.01. The second kappa shape index (κ2) is 4.56. The summed E-state index contributed by atoms with van der Waals surface area (Å²) in [4.78, 5) is 4.23. The van der Waals surface area contributed by atoms with Crippen LogP contribution in [0.1, 0.15) is 0 Å². The van der Waals surface area contributed by atoms with Gasteiger partial charge in [0.05, 0.1) is 14.2 Å². The molecule has 3 aromatic rings. The van der Waals surface area contributed by atoms with Crippen molar-refractivity contribution in [3.8, 4) is 23.3 Å². The van der Waals surface area contributed by atoms with E-state index in [-0.39, 0.29) is 0 Å². The molecule has 2 aromatic heterocycles. The van der Waals surface area contributed by atoms with E-state index in [2.05, 4.69) is 15.2 Å². The van der Waals surface area contributed by atoms with E-state index < -0.39 is 0 Å². The third-order valence-electron chi connectivity index (χ3n) is 2.76. The average molecular weight is 256 g/mol. The van der Waals surface area contributed by atoms with Crippen molar-refractivity contribution < 1.29 is 9.47 Å². The second-order valence-electron chi connectivity index (χ2n) is 3.87. The van der Waals surface area contributed by atoms with Crippen LogP contribution in [-0.4, -0.2) is 33.8 Å². The van der Waals surface area contributed by atoms with Gasteiger partial charge in [-0.15, -0.1) is 10.2 Å². The molecule has 0 aliphatic carbocycles. The van der Waals surface area contributed by atoms with Gasteiger partial charge in [-0.05, 0) is 0 Å². The summed E-state index contributed by atoms with van der Waals surface area (Å²) in [6.07, 6.45) is 0. The van der Waals surface area contributed by atoms with Crippen molar-refractivity contribution in [3.63, 3.8) is 0 Å². The van der Waals surface area contributed by atoms with Crippen molar-refractivity contribution in [3.05, 3.63) is 36.4 Å². The van der Waals surface area contributed by atoms with Crippen LogP contribution in [0.5, 0.6) is 11.9 Å². The molecule has 6 heteroatoms. The molecule has 0 aliphatic rings. The van der Waals surface area contributed by atoms with Crippen LogP contribution in [-0.2, 0) is 0 Å². The van der Waals surface area contributed by atoms with Crippen LogP contribution in [0.4, 0.5) is 0 Å². The Balaban J connectivity index is 2.28. The zero-order chi connectivity index (χ0) is 13.2. The Morgan fingerprint density at radius 2 is 1.79 bits per heavy atom. The standard InChI is InChI=1S/C13H12N4O2/c1-18-11-8-10-15-16-12(9-6-4-3-5-7-9)17(10)13(14-11)19-2/h3-8H,1-2H3. The first-order valence-electron chi connectivity index (χ1n) is 5.73. The fourth-order valence-corrected chi connectivity index (χ4v) is 1.88. The van der Waals surface area contributed by atoms with Gasteiger partial charge in [-0.3, -0.25) is 0 Å². The van der Waals surface area contributed by atoms with Gasteiger partial charge in [-0.25, -0.2) is 4.40 Å². The minimum absolute atomic E-state index is 0.387. The maximum absolute atomic E-state index is 5.28. The van der Waals surface area contributed by atoms with Gasteiger partial charge in [0, 0.05) is 11.6 Å². The van der Waals surface area contributed by atoms with Gasteiger partial charge in [0.15, 0.2) is 11.5 Å². The van der Waals surface area contributed by atoms with Crippen LogP contribution in [0, 0.1) is 0 Å². The van der Waals surface area contributed by atoms with Gasteiger partial charge in [0.2, 0.25) is 5.88 Å². The lowest BCUT2D eigenvalue weighted by Gasteiger charge is -2.07. The fourth-order valence-electron chi connectivity index (χ4n) is 1.88. The third kappa shape index (κ3) is 1.87. The van der Waals surface area contributed by atoms with Crippen LogP contribution >= 0.6 is 0 Å². The van der Waals surface area contributed by atoms with E-state index in [1.54, 1.807) is 24.7 Å². The number of benzene rings is 1. The van der Waals surface area contributed by atoms with Gasteiger partial charge in [-0.2, -0.15) is 4.98 Å². The summed E-state index contributed by atoms with van der Waals surface area (Å²) in [6.45, 7) is 0. The number of ether oxygens (including phenoxy) is 2. The predicted molar refractivity (Wildman–Crippen MR) is 69.3 cm³/mol. The summed E-state index contributed by atoms with van der Waals surface area (Å²) in [7, 11) is 3.10. The Morgan fingerprint density at radius 3 is 2.47 bits per heavy atom. The summed E-state index contributed by atoms with van der Waals surface area (Å²) in [6, 6.07) is 11.9. The molecule has 0 atom stereocenters. The molecule has 0 amide bonds. The quantitative estimate of drug-likeness (QED) is 0.715. The van der Waals surface area contributed by atoms with Gasteiger partial charge >= 0.3 is 6.01 Å². The second-order valence-corrected chi connectivity index (χ2v) is 3.87. The molecule has 0 bridgehead atoms. The van der Waals surface area contributed by atoms with Crippen LogP contribution < -0.4 is 9.47 Å². The number of rotatable bonds is 3. The Hall–Kier alpha value is -2.63. The molecular weight excluding hydrogens is 244 g/mol. The summed E-state index contributed by atoms with van der Waals surface area (Å²) < 4.78 is 12.1. The smallest absolute Gasteiger partial charge is 0.307 e. The topological polar surface area (TPSA) is 61.5 Å². The number of fused-ring (bicyclic) bond motifs is 1. The molecule has 6 nitrogen and oxygen atoms in total. The molecule has 0 saturated heterocycles. The third-order valence-corrected chi connectivity index (χ3v) is 2.76.